The molecule has 1 aliphatic carbocycles. The molecule has 0 amide bonds. The number of oxazole rings is 1. The summed E-state index contributed by atoms with van der Waals surface area (Å²) >= 11 is 3.38. The minimum absolute atomic E-state index is 0.644. The fourth-order valence-electron chi connectivity index (χ4n) is 1.37. The molecule has 1 aliphatic rings. The van der Waals surface area contributed by atoms with E-state index < -0.39 is 0 Å². The number of rotatable bonds is 2. The molecule has 0 aliphatic heterocycles. The lowest BCUT2D eigenvalue weighted by Crippen LogP contribution is -1.85. The van der Waals surface area contributed by atoms with Gasteiger partial charge in [0, 0.05) is 11.2 Å². The molecule has 0 N–H and O–H groups in total. The van der Waals surface area contributed by atoms with Crippen LogP contribution in [0, 0.1) is 5.92 Å². The summed E-state index contributed by atoms with van der Waals surface area (Å²) < 4.78 is 5.31. The quantitative estimate of drug-likeness (QED) is 0.710. The monoisotopic (exact) mass is 215 g/mol. The van der Waals surface area contributed by atoms with E-state index in [4.69, 9.17) is 4.42 Å². The topological polar surface area (TPSA) is 26.0 Å². The molecular weight excluding hydrogens is 206 g/mol. The molecular formula is C8H10BrNO. The van der Waals surface area contributed by atoms with Gasteiger partial charge >= 0.3 is 0 Å². The highest BCUT2D eigenvalue weighted by Crippen LogP contribution is 2.48. The first kappa shape index (κ1) is 7.35. The Bertz CT molecular complexity index is 258. The third-order valence-corrected chi connectivity index (χ3v) is 2.78. The lowest BCUT2D eigenvalue weighted by Gasteiger charge is -1.92. The number of hydrogen-bond donors (Lipinski definition) is 0. The first-order valence-corrected chi connectivity index (χ1v) is 4.93. The Morgan fingerprint density at radius 3 is 3.09 bits per heavy atom. The van der Waals surface area contributed by atoms with Crippen LogP contribution in [0.15, 0.2) is 10.8 Å². The van der Waals surface area contributed by atoms with Gasteiger partial charge in [-0.1, -0.05) is 22.9 Å². The molecule has 1 fully saturated rings. The van der Waals surface area contributed by atoms with E-state index in [9.17, 15) is 0 Å². The van der Waals surface area contributed by atoms with E-state index in [0.717, 1.165) is 22.7 Å². The Morgan fingerprint density at radius 2 is 2.55 bits per heavy atom. The highest BCUT2D eigenvalue weighted by Gasteiger charge is 2.38. The SMILES string of the molecule is CC1CC1c1ocnc1CBr. The maximum absolute atomic E-state index is 5.31. The van der Waals surface area contributed by atoms with Gasteiger partial charge in [-0.25, -0.2) is 4.98 Å². The molecule has 2 nitrogen and oxygen atoms in total. The summed E-state index contributed by atoms with van der Waals surface area (Å²) in [5, 5.41) is 0.808. The summed E-state index contributed by atoms with van der Waals surface area (Å²) in [7, 11) is 0. The second kappa shape index (κ2) is 2.63. The fraction of sp³-hybridized carbons (Fsp3) is 0.625. The van der Waals surface area contributed by atoms with Crippen molar-refractivity contribution in [2.75, 3.05) is 0 Å². The van der Waals surface area contributed by atoms with Gasteiger partial charge in [-0.15, -0.1) is 0 Å². The van der Waals surface area contributed by atoms with Gasteiger partial charge in [0.2, 0.25) is 0 Å². The molecule has 1 aromatic heterocycles. The smallest absolute Gasteiger partial charge is 0.181 e. The highest BCUT2D eigenvalue weighted by molar-refractivity contribution is 9.08. The van der Waals surface area contributed by atoms with Crippen LogP contribution < -0.4 is 0 Å². The van der Waals surface area contributed by atoms with Crippen LogP contribution in [0.25, 0.3) is 0 Å². The number of halogens is 1. The van der Waals surface area contributed by atoms with Gasteiger partial charge in [-0.3, -0.25) is 0 Å². The minimum Gasteiger partial charge on any atom is -0.448 e. The largest absolute Gasteiger partial charge is 0.448 e. The van der Waals surface area contributed by atoms with Crippen LogP contribution in [0.5, 0.6) is 0 Å². The average molecular weight is 216 g/mol. The van der Waals surface area contributed by atoms with Gasteiger partial charge in [0.15, 0.2) is 6.39 Å². The van der Waals surface area contributed by atoms with Crippen molar-refractivity contribution in [2.45, 2.75) is 24.6 Å². The van der Waals surface area contributed by atoms with Gasteiger partial charge < -0.3 is 4.42 Å². The lowest BCUT2D eigenvalue weighted by atomic mass is 10.2. The van der Waals surface area contributed by atoms with Crippen molar-refractivity contribution in [3.05, 3.63) is 17.8 Å². The molecule has 1 heterocycles. The van der Waals surface area contributed by atoms with Crippen molar-refractivity contribution in [1.29, 1.82) is 0 Å². The molecule has 0 radical (unpaired) electrons. The third kappa shape index (κ3) is 1.22. The van der Waals surface area contributed by atoms with Crippen molar-refractivity contribution in [1.82, 2.24) is 4.98 Å². The summed E-state index contributed by atoms with van der Waals surface area (Å²) in [6.07, 6.45) is 2.80. The van der Waals surface area contributed by atoms with Crippen LogP contribution in [-0.2, 0) is 5.33 Å². The van der Waals surface area contributed by atoms with Crippen molar-refractivity contribution in [3.8, 4) is 0 Å². The van der Waals surface area contributed by atoms with Crippen LogP contribution in [0.3, 0.4) is 0 Å². The van der Waals surface area contributed by atoms with Gasteiger partial charge in [0.1, 0.15) is 5.76 Å². The molecule has 1 saturated carbocycles. The molecule has 3 heteroatoms. The molecule has 0 spiro atoms. The van der Waals surface area contributed by atoms with Crippen molar-refractivity contribution < 1.29 is 4.42 Å². The summed E-state index contributed by atoms with van der Waals surface area (Å²) in [5.41, 5.74) is 1.07. The Morgan fingerprint density at radius 1 is 1.82 bits per heavy atom. The normalized spacial score (nSPS) is 28.9. The first-order valence-electron chi connectivity index (χ1n) is 3.81. The summed E-state index contributed by atoms with van der Waals surface area (Å²) in [5.74, 6) is 2.53. The predicted octanol–water partition coefficient (Wildman–Crippen LogP) is 2.69. The fourth-order valence-corrected chi connectivity index (χ4v) is 1.79. The lowest BCUT2D eigenvalue weighted by molar-refractivity contribution is 0.498. The molecule has 1 aromatic rings. The molecule has 0 saturated heterocycles. The Balaban J connectivity index is 2.23. The Labute approximate surface area is 74.1 Å². The van der Waals surface area contributed by atoms with E-state index in [1.54, 1.807) is 0 Å². The zero-order valence-electron chi connectivity index (χ0n) is 6.38. The minimum atomic E-state index is 0.644. The summed E-state index contributed by atoms with van der Waals surface area (Å²) in [6, 6.07) is 0. The molecule has 2 rings (SSSR count). The van der Waals surface area contributed by atoms with Gasteiger partial charge in [0.05, 0.1) is 5.69 Å². The molecule has 2 atom stereocenters. The van der Waals surface area contributed by atoms with Gasteiger partial charge in [-0.05, 0) is 12.3 Å². The molecule has 2 unspecified atom stereocenters. The van der Waals surface area contributed by atoms with Crippen molar-refractivity contribution in [3.63, 3.8) is 0 Å². The third-order valence-electron chi connectivity index (χ3n) is 2.25. The van der Waals surface area contributed by atoms with E-state index in [1.807, 2.05) is 0 Å². The standard InChI is InChI=1S/C8H10BrNO/c1-5-2-6(5)8-7(3-9)10-4-11-8/h4-6H,2-3H2,1H3. The van der Waals surface area contributed by atoms with E-state index in [0.29, 0.717) is 5.92 Å². The second-order valence-corrected chi connectivity index (χ2v) is 3.68. The van der Waals surface area contributed by atoms with E-state index >= 15 is 0 Å². The summed E-state index contributed by atoms with van der Waals surface area (Å²) in [6.45, 7) is 2.24. The maximum Gasteiger partial charge on any atom is 0.181 e. The zero-order valence-corrected chi connectivity index (χ0v) is 7.97. The maximum atomic E-state index is 5.31. The van der Waals surface area contributed by atoms with Crippen LogP contribution in [0.2, 0.25) is 0 Å². The second-order valence-electron chi connectivity index (χ2n) is 3.12. The van der Waals surface area contributed by atoms with Crippen LogP contribution in [0.1, 0.15) is 30.7 Å². The van der Waals surface area contributed by atoms with Gasteiger partial charge in [-0.2, -0.15) is 0 Å². The Hall–Kier alpha value is -0.310. The van der Waals surface area contributed by atoms with E-state index in [2.05, 4.69) is 27.8 Å². The Kier molecular flexibility index (Phi) is 1.75. The molecule has 0 bridgehead atoms. The molecule has 0 aromatic carbocycles. The first-order chi connectivity index (χ1) is 5.33. The predicted molar refractivity (Wildman–Crippen MR) is 45.7 cm³/mol. The number of hydrogen-bond acceptors (Lipinski definition) is 2. The number of nitrogens with zero attached hydrogens (tertiary/aromatic N) is 1. The highest BCUT2D eigenvalue weighted by atomic mass is 79.9. The van der Waals surface area contributed by atoms with Crippen LogP contribution in [-0.4, -0.2) is 4.98 Å². The molecule has 11 heavy (non-hydrogen) atoms. The summed E-state index contributed by atoms with van der Waals surface area (Å²) in [4.78, 5) is 4.12. The zero-order chi connectivity index (χ0) is 7.84. The van der Waals surface area contributed by atoms with E-state index in [1.165, 1.54) is 12.8 Å². The number of aromatic nitrogens is 1. The van der Waals surface area contributed by atoms with E-state index in [-0.39, 0.29) is 0 Å². The average Bonchev–Trinajstić information content (AvgIpc) is 2.58. The van der Waals surface area contributed by atoms with Crippen molar-refractivity contribution in [2.24, 2.45) is 5.92 Å². The van der Waals surface area contributed by atoms with Crippen LogP contribution in [0.4, 0.5) is 0 Å². The molecule has 60 valence electrons. The van der Waals surface area contributed by atoms with Crippen molar-refractivity contribution >= 4 is 15.9 Å². The number of alkyl halides is 1. The van der Waals surface area contributed by atoms with Gasteiger partial charge in [0.25, 0.3) is 0 Å². The van der Waals surface area contributed by atoms with Crippen LogP contribution >= 0.6 is 15.9 Å².